The zero-order chi connectivity index (χ0) is 7.70. The van der Waals surface area contributed by atoms with E-state index in [2.05, 4.69) is 6.58 Å². The van der Waals surface area contributed by atoms with Gasteiger partial charge >= 0.3 is 0 Å². The summed E-state index contributed by atoms with van der Waals surface area (Å²) >= 11 is 0. The van der Waals surface area contributed by atoms with Crippen LogP contribution < -0.4 is 0 Å². The van der Waals surface area contributed by atoms with E-state index in [1.807, 2.05) is 20.8 Å². The first kappa shape index (κ1) is 11.0. The molecule has 52 valence electrons. The maximum absolute atomic E-state index is 6.54. The summed E-state index contributed by atoms with van der Waals surface area (Å²) in [6, 6.07) is 0. The standard InChI is InChI=1S/C6H9N.C2H6/c1-6(2)4-3-5-7;1-2/h3-5,7H,1H2,2H3;1-2H3/b4-3-,7-5?;. The Hall–Kier alpha value is -0.850. The monoisotopic (exact) mass is 125 g/mol. The third-order valence-corrected chi connectivity index (χ3v) is 0.477. The molecule has 0 aliphatic rings. The first-order valence-electron chi connectivity index (χ1n) is 3.10. The zero-order valence-electron chi connectivity index (χ0n) is 6.44. The summed E-state index contributed by atoms with van der Waals surface area (Å²) in [5.41, 5.74) is 0.975. The quantitative estimate of drug-likeness (QED) is 0.433. The summed E-state index contributed by atoms with van der Waals surface area (Å²) in [4.78, 5) is 0. The van der Waals surface area contributed by atoms with Gasteiger partial charge in [-0.3, -0.25) is 0 Å². The van der Waals surface area contributed by atoms with Gasteiger partial charge in [-0.1, -0.05) is 32.1 Å². The topological polar surface area (TPSA) is 23.9 Å². The highest BCUT2D eigenvalue weighted by molar-refractivity contribution is 5.68. The summed E-state index contributed by atoms with van der Waals surface area (Å²) in [6.07, 6.45) is 4.66. The summed E-state index contributed by atoms with van der Waals surface area (Å²) in [6.45, 7) is 9.49. The Morgan fingerprint density at radius 1 is 1.44 bits per heavy atom. The number of allylic oxidation sites excluding steroid dienone is 3. The second-order valence-corrected chi connectivity index (χ2v) is 1.37. The van der Waals surface area contributed by atoms with E-state index in [0.29, 0.717) is 0 Å². The molecule has 1 N–H and O–H groups in total. The van der Waals surface area contributed by atoms with Gasteiger partial charge in [-0.25, -0.2) is 0 Å². The van der Waals surface area contributed by atoms with Crippen LogP contribution in [-0.4, -0.2) is 6.21 Å². The van der Waals surface area contributed by atoms with Crippen molar-refractivity contribution in [3.8, 4) is 0 Å². The lowest BCUT2D eigenvalue weighted by Gasteiger charge is -1.76. The highest BCUT2D eigenvalue weighted by atomic mass is 14.3. The highest BCUT2D eigenvalue weighted by Gasteiger charge is 1.66. The van der Waals surface area contributed by atoms with Crippen molar-refractivity contribution in [2.24, 2.45) is 0 Å². The molecule has 0 unspecified atom stereocenters. The van der Waals surface area contributed by atoms with Crippen molar-refractivity contribution in [3.63, 3.8) is 0 Å². The predicted octanol–water partition coefficient (Wildman–Crippen LogP) is 2.79. The highest BCUT2D eigenvalue weighted by Crippen LogP contribution is 1.84. The average Bonchev–Trinajstić information content (AvgIpc) is 1.88. The van der Waals surface area contributed by atoms with Crippen LogP contribution in [-0.2, 0) is 0 Å². The maximum atomic E-state index is 6.54. The molecule has 0 atom stereocenters. The molecule has 0 aliphatic carbocycles. The number of rotatable bonds is 2. The molecule has 9 heavy (non-hydrogen) atoms. The summed E-state index contributed by atoms with van der Waals surface area (Å²) in [5.74, 6) is 0. The van der Waals surface area contributed by atoms with Gasteiger partial charge < -0.3 is 5.41 Å². The lowest BCUT2D eigenvalue weighted by molar-refractivity contribution is 1.50. The summed E-state index contributed by atoms with van der Waals surface area (Å²) < 4.78 is 0. The summed E-state index contributed by atoms with van der Waals surface area (Å²) in [7, 11) is 0. The van der Waals surface area contributed by atoms with Crippen molar-refractivity contribution in [2.75, 3.05) is 0 Å². The predicted molar refractivity (Wildman–Crippen MR) is 44.1 cm³/mol. The van der Waals surface area contributed by atoms with E-state index in [1.165, 1.54) is 6.21 Å². The normalized spacial score (nSPS) is 7.89. The smallest absolute Gasteiger partial charge is 0.0177 e. The molecule has 0 aromatic heterocycles. The van der Waals surface area contributed by atoms with Gasteiger partial charge in [0.05, 0.1) is 0 Å². The molecule has 0 spiro atoms. The fourth-order valence-electron chi connectivity index (χ4n) is 0.212. The van der Waals surface area contributed by atoms with E-state index in [-0.39, 0.29) is 0 Å². The third kappa shape index (κ3) is 19.1. The molecular weight excluding hydrogens is 110 g/mol. The van der Waals surface area contributed by atoms with Gasteiger partial charge in [0.15, 0.2) is 0 Å². The molecule has 0 saturated carbocycles. The Morgan fingerprint density at radius 3 is 2.00 bits per heavy atom. The van der Waals surface area contributed by atoms with E-state index in [9.17, 15) is 0 Å². The van der Waals surface area contributed by atoms with Crippen LogP contribution in [0.15, 0.2) is 24.3 Å². The molecule has 0 aromatic rings. The van der Waals surface area contributed by atoms with Gasteiger partial charge in [-0.2, -0.15) is 0 Å². The van der Waals surface area contributed by atoms with Gasteiger partial charge in [-0.15, -0.1) is 0 Å². The van der Waals surface area contributed by atoms with E-state index in [4.69, 9.17) is 5.41 Å². The fourth-order valence-corrected chi connectivity index (χ4v) is 0.212. The number of nitrogens with one attached hydrogen (secondary N) is 1. The minimum atomic E-state index is 0.975. The van der Waals surface area contributed by atoms with E-state index >= 15 is 0 Å². The first-order valence-corrected chi connectivity index (χ1v) is 3.10. The largest absolute Gasteiger partial charge is 0.309 e. The molecule has 0 amide bonds. The molecule has 0 aliphatic heterocycles. The average molecular weight is 125 g/mol. The molecule has 0 aromatic carbocycles. The van der Waals surface area contributed by atoms with Crippen molar-refractivity contribution < 1.29 is 0 Å². The number of hydrogen-bond acceptors (Lipinski definition) is 1. The van der Waals surface area contributed by atoms with Gasteiger partial charge in [0, 0.05) is 6.21 Å². The van der Waals surface area contributed by atoms with Crippen molar-refractivity contribution in [1.82, 2.24) is 0 Å². The van der Waals surface area contributed by atoms with Gasteiger partial charge in [0.1, 0.15) is 0 Å². The lowest BCUT2D eigenvalue weighted by atomic mass is 10.3. The molecule has 0 radical (unpaired) electrons. The molecule has 1 nitrogen and oxygen atoms in total. The van der Waals surface area contributed by atoms with Crippen LogP contribution >= 0.6 is 0 Å². The molecule has 0 rings (SSSR count). The van der Waals surface area contributed by atoms with Crippen LogP contribution in [0, 0.1) is 5.41 Å². The third-order valence-electron chi connectivity index (χ3n) is 0.477. The Labute approximate surface area is 57.6 Å². The molecule has 1 heteroatoms. The SMILES string of the molecule is C=C(C)/C=C\C=N.CC. The minimum absolute atomic E-state index is 0.975. The van der Waals surface area contributed by atoms with Crippen molar-refractivity contribution in [1.29, 1.82) is 5.41 Å². The zero-order valence-corrected chi connectivity index (χ0v) is 6.44. The molecule has 0 saturated heterocycles. The second-order valence-electron chi connectivity index (χ2n) is 1.37. The fraction of sp³-hybridized carbons (Fsp3) is 0.375. The van der Waals surface area contributed by atoms with Gasteiger partial charge in [0.2, 0.25) is 0 Å². The van der Waals surface area contributed by atoms with Crippen molar-refractivity contribution in [3.05, 3.63) is 24.3 Å². The maximum Gasteiger partial charge on any atom is 0.0177 e. The molecule has 0 fully saturated rings. The second kappa shape index (κ2) is 10.2. The van der Waals surface area contributed by atoms with Gasteiger partial charge in [0.25, 0.3) is 0 Å². The van der Waals surface area contributed by atoms with Crippen LogP contribution in [0.4, 0.5) is 0 Å². The van der Waals surface area contributed by atoms with E-state index in [0.717, 1.165) is 5.57 Å². The minimum Gasteiger partial charge on any atom is -0.309 e. The van der Waals surface area contributed by atoms with Crippen molar-refractivity contribution >= 4 is 6.21 Å². The first-order chi connectivity index (χ1) is 4.27. The van der Waals surface area contributed by atoms with E-state index < -0.39 is 0 Å². The molecule has 0 bridgehead atoms. The van der Waals surface area contributed by atoms with Gasteiger partial charge in [-0.05, 0) is 13.0 Å². The van der Waals surface area contributed by atoms with Crippen LogP contribution in [0.5, 0.6) is 0 Å². The van der Waals surface area contributed by atoms with Crippen LogP contribution in [0.2, 0.25) is 0 Å². The molecule has 0 heterocycles. The lowest BCUT2D eigenvalue weighted by Crippen LogP contribution is -1.60. The van der Waals surface area contributed by atoms with E-state index in [1.54, 1.807) is 12.2 Å². The van der Waals surface area contributed by atoms with Crippen LogP contribution in [0.3, 0.4) is 0 Å². The summed E-state index contributed by atoms with van der Waals surface area (Å²) in [5, 5.41) is 6.54. The Morgan fingerprint density at radius 2 is 1.89 bits per heavy atom. The van der Waals surface area contributed by atoms with Crippen LogP contribution in [0.1, 0.15) is 20.8 Å². The Balaban J connectivity index is 0. The Bertz CT molecular complexity index is 101. The van der Waals surface area contributed by atoms with Crippen LogP contribution in [0.25, 0.3) is 0 Å². The van der Waals surface area contributed by atoms with Crippen molar-refractivity contribution in [2.45, 2.75) is 20.8 Å². The Kier molecular flexibility index (Phi) is 12.5. The molecular formula is C8H15N. The number of hydrogen-bond donors (Lipinski definition) is 1.